The van der Waals surface area contributed by atoms with E-state index in [1.54, 1.807) is 17.0 Å². The summed E-state index contributed by atoms with van der Waals surface area (Å²) in [6, 6.07) is 13.9. The second-order valence-electron chi connectivity index (χ2n) is 8.74. The van der Waals surface area contributed by atoms with Crippen LogP contribution in [0.15, 0.2) is 48.5 Å². The van der Waals surface area contributed by atoms with Crippen LogP contribution in [0.2, 0.25) is 0 Å². The molecule has 0 aromatic heterocycles. The minimum atomic E-state index is -0.305. The summed E-state index contributed by atoms with van der Waals surface area (Å²) >= 11 is 0. The molecule has 5 heteroatoms. The Morgan fingerprint density at radius 3 is 2.28 bits per heavy atom. The highest BCUT2D eigenvalue weighted by molar-refractivity contribution is 5.93. The second kappa shape index (κ2) is 8.76. The molecule has 2 amide bonds. The molecule has 1 fully saturated rings. The molecule has 4 nitrogen and oxygen atoms in total. The van der Waals surface area contributed by atoms with Crippen LogP contribution in [-0.2, 0) is 21.4 Å². The van der Waals surface area contributed by atoms with Crippen LogP contribution in [0.3, 0.4) is 0 Å². The number of carbonyl (C=O) groups is 2. The van der Waals surface area contributed by atoms with Crippen LogP contribution in [0.25, 0.3) is 0 Å². The molecule has 154 valence electrons. The van der Waals surface area contributed by atoms with Gasteiger partial charge in [-0.25, -0.2) is 4.39 Å². The van der Waals surface area contributed by atoms with Crippen molar-refractivity contribution in [2.24, 2.45) is 5.92 Å². The number of hydrogen-bond acceptors (Lipinski definition) is 2. The predicted octanol–water partition coefficient (Wildman–Crippen LogP) is 4.54. The third-order valence-corrected chi connectivity index (χ3v) is 5.48. The molecule has 1 N–H and O–H groups in total. The highest BCUT2D eigenvalue weighted by Crippen LogP contribution is 2.30. The molecule has 2 aromatic rings. The Kier molecular flexibility index (Phi) is 6.36. The number of carbonyl (C=O) groups excluding carboxylic acids is 2. The van der Waals surface area contributed by atoms with E-state index in [1.165, 1.54) is 12.1 Å². The second-order valence-corrected chi connectivity index (χ2v) is 8.74. The Hall–Kier alpha value is -2.69. The predicted molar refractivity (Wildman–Crippen MR) is 113 cm³/mol. The molecule has 29 heavy (non-hydrogen) atoms. The van der Waals surface area contributed by atoms with Gasteiger partial charge in [0, 0.05) is 24.7 Å². The van der Waals surface area contributed by atoms with E-state index >= 15 is 0 Å². The molecule has 1 saturated heterocycles. The number of nitrogens with zero attached hydrogens (tertiary/aromatic N) is 1. The number of piperidine rings is 1. The molecule has 3 rings (SSSR count). The van der Waals surface area contributed by atoms with Crippen LogP contribution in [-0.4, -0.2) is 29.8 Å². The van der Waals surface area contributed by atoms with Crippen LogP contribution >= 0.6 is 0 Å². The van der Waals surface area contributed by atoms with Crippen LogP contribution in [0, 0.1) is 11.7 Å². The molecule has 1 aliphatic rings. The van der Waals surface area contributed by atoms with Crippen molar-refractivity contribution in [3.63, 3.8) is 0 Å². The van der Waals surface area contributed by atoms with Gasteiger partial charge in [-0.3, -0.25) is 9.59 Å². The zero-order valence-corrected chi connectivity index (χ0v) is 17.4. The smallest absolute Gasteiger partial charge is 0.227 e. The van der Waals surface area contributed by atoms with Gasteiger partial charge in [0.2, 0.25) is 11.8 Å². The van der Waals surface area contributed by atoms with Gasteiger partial charge in [-0.15, -0.1) is 0 Å². The summed E-state index contributed by atoms with van der Waals surface area (Å²) in [5, 5.41) is 3.10. The molecule has 2 aromatic carbocycles. The van der Waals surface area contributed by atoms with E-state index in [1.807, 2.05) is 24.3 Å². The molecular weight excluding hydrogens is 367 g/mol. The number of anilines is 1. The van der Waals surface area contributed by atoms with Gasteiger partial charge in [0.1, 0.15) is 5.82 Å². The summed E-state index contributed by atoms with van der Waals surface area (Å²) in [5.41, 5.74) is 2.72. The topological polar surface area (TPSA) is 49.4 Å². The third kappa shape index (κ3) is 5.43. The number of halogens is 1. The van der Waals surface area contributed by atoms with Gasteiger partial charge in [-0.2, -0.15) is 0 Å². The summed E-state index contributed by atoms with van der Waals surface area (Å²) < 4.78 is 13.0. The quantitative estimate of drug-likeness (QED) is 0.825. The average molecular weight is 397 g/mol. The van der Waals surface area contributed by atoms with Gasteiger partial charge < -0.3 is 10.2 Å². The maximum absolute atomic E-state index is 13.0. The molecule has 1 aliphatic heterocycles. The monoisotopic (exact) mass is 396 g/mol. The standard InChI is InChI=1S/C24H29FN2O2/c1-24(2,3)20-6-4-5-7-21(20)26-23(29)18-12-14-27(15-13-18)22(28)16-17-8-10-19(25)11-9-17/h4-11,18H,12-16H2,1-3H3,(H,26,29). The van der Waals surface area contributed by atoms with Crippen molar-refractivity contribution in [3.8, 4) is 0 Å². The molecule has 0 atom stereocenters. The van der Waals surface area contributed by atoms with Gasteiger partial charge in [0.05, 0.1) is 6.42 Å². The normalized spacial score (nSPS) is 15.2. The number of para-hydroxylation sites is 1. The zero-order chi connectivity index (χ0) is 21.0. The van der Waals surface area contributed by atoms with Crippen molar-refractivity contribution < 1.29 is 14.0 Å². The summed E-state index contributed by atoms with van der Waals surface area (Å²) in [4.78, 5) is 27.1. The highest BCUT2D eigenvalue weighted by Gasteiger charge is 2.28. The lowest BCUT2D eigenvalue weighted by atomic mass is 9.85. The van der Waals surface area contributed by atoms with Crippen molar-refractivity contribution in [2.75, 3.05) is 18.4 Å². The van der Waals surface area contributed by atoms with Gasteiger partial charge in [-0.05, 0) is 47.6 Å². The Balaban J connectivity index is 1.55. The lowest BCUT2D eigenvalue weighted by molar-refractivity contribution is -0.133. The first-order valence-corrected chi connectivity index (χ1v) is 10.2. The fourth-order valence-corrected chi connectivity index (χ4v) is 3.76. The largest absolute Gasteiger partial charge is 0.342 e. The average Bonchev–Trinajstić information content (AvgIpc) is 2.69. The fraction of sp³-hybridized carbons (Fsp3) is 0.417. The van der Waals surface area contributed by atoms with E-state index in [-0.39, 0.29) is 35.4 Å². The maximum atomic E-state index is 13.0. The number of amides is 2. The van der Waals surface area contributed by atoms with E-state index in [0.29, 0.717) is 25.9 Å². The summed E-state index contributed by atoms with van der Waals surface area (Å²) in [5.74, 6) is -0.361. The van der Waals surface area contributed by atoms with E-state index in [9.17, 15) is 14.0 Å². The zero-order valence-electron chi connectivity index (χ0n) is 17.4. The van der Waals surface area contributed by atoms with Crippen molar-refractivity contribution in [3.05, 3.63) is 65.5 Å². The highest BCUT2D eigenvalue weighted by atomic mass is 19.1. The van der Waals surface area contributed by atoms with E-state index in [0.717, 1.165) is 16.8 Å². The van der Waals surface area contributed by atoms with E-state index < -0.39 is 0 Å². The van der Waals surface area contributed by atoms with Crippen molar-refractivity contribution >= 4 is 17.5 Å². The summed E-state index contributed by atoms with van der Waals surface area (Å²) in [6.45, 7) is 7.52. The maximum Gasteiger partial charge on any atom is 0.227 e. The molecule has 0 unspecified atom stereocenters. The fourth-order valence-electron chi connectivity index (χ4n) is 3.76. The molecule has 0 aliphatic carbocycles. The Labute approximate surface area is 172 Å². The number of likely N-dealkylation sites (tertiary alicyclic amines) is 1. The number of rotatable bonds is 4. The lowest BCUT2D eigenvalue weighted by Crippen LogP contribution is -2.42. The van der Waals surface area contributed by atoms with Crippen LogP contribution in [0.5, 0.6) is 0 Å². The first-order chi connectivity index (χ1) is 13.7. The van der Waals surface area contributed by atoms with Crippen molar-refractivity contribution in [1.82, 2.24) is 4.90 Å². The van der Waals surface area contributed by atoms with E-state index in [2.05, 4.69) is 26.1 Å². The Bertz CT molecular complexity index is 863. The first kappa shape index (κ1) is 21.0. The Morgan fingerprint density at radius 2 is 1.66 bits per heavy atom. The van der Waals surface area contributed by atoms with Crippen molar-refractivity contribution in [2.45, 2.75) is 45.4 Å². The van der Waals surface area contributed by atoms with Gasteiger partial charge in [0.15, 0.2) is 0 Å². The van der Waals surface area contributed by atoms with Crippen LogP contribution < -0.4 is 5.32 Å². The van der Waals surface area contributed by atoms with Gasteiger partial charge in [0.25, 0.3) is 0 Å². The molecule has 0 saturated carbocycles. The van der Waals surface area contributed by atoms with Crippen LogP contribution in [0.1, 0.15) is 44.7 Å². The molecule has 0 spiro atoms. The van der Waals surface area contributed by atoms with Gasteiger partial charge in [-0.1, -0.05) is 51.1 Å². The lowest BCUT2D eigenvalue weighted by Gasteiger charge is -2.32. The number of hydrogen-bond donors (Lipinski definition) is 1. The first-order valence-electron chi connectivity index (χ1n) is 10.2. The minimum Gasteiger partial charge on any atom is -0.342 e. The molecule has 0 radical (unpaired) electrons. The Morgan fingerprint density at radius 1 is 1.03 bits per heavy atom. The minimum absolute atomic E-state index is 0.0207. The molecular formula is C24H29FN2O2. The molecule has 1 heterocycles. The van der Waals surface area contributed by atoms with Crippen LogP contribution in [0.4, 0.5) is 10.1 Å². The summed E-state index contributed by atoms with van der Waals surface area (Å²) in [6.07, 6.45) is 1.56. The number of benzene rings is 2. The van der Waals surface area contributed by atoms with Crippen molar-refractivity contribution in [1.29, 1.82) is 0 Å². The van der Waals surface area contributed by atoms with E-state index in [4.69, 9.17) is 0 Å². The SMILES string of the molecule is CC(C)(C)c1ccccc1NC(=O)C1CCN(C(=O)Cc2ccc(F)cc2)CC1. The number of nitrogens with one attached hydrogen (secondary N) is 1. The van der Waals surface area contributed by atoms with Gasteiger partial charge >= 0.3 is 0 Å². The third-order valence-electron chi connectivity index (χ3n) is 5.48. The summed E-state index contributed by atoms with van der Waals surface area (Å²) in [7, 11) is 0. The molecule has 0 bridgehead atoms.